The molecule has 0 saturated carbocycles. The SMILES string of the molecule is CCNC(=NCc1cc(OC)ccc1O)NCc1cc(C(C)C)no1.I. The molecular formula is C18H27IN4O3. The lowest BCUT2D eigenvalue weighted by molar-refractivity contribution is 0.372. The molecule has 0 aliphatic rings. The summed E-state index contributed by atoms with van der Waals surface area (Å²) in [6, 6.07) is 7.02. The van der Waals surface area contributed by atoms with Crippen LogP contribution in [0.4, 0.5) is 0 Å². The van der Waals surface area contributed by atoms with Crippen LogP contribution >= 0.6 is 24.0 Å². The minimum absolute atomic E-state index is 0. The molecule has 0 radical (unpaired) electrons. The van der Waals surface area contributed by atoms with Crippen molar-refractivity contribution < 1.29 is 14.4 Å². The van der Waals surface area contributed by atoms with Crippen molar-refractivity contribution in [1.82, 2.24) is 15.8 Å². The van der Waals surface area contributed by atoms with Crippen LogP contribution in [0.3, 0.4) is 0 Å². The number of nitrogens with one attached hydrogen (secondary N) is 2. The normalized spacial score (nSPS) is 11.2. The summed E-state index contributed by atoms with van der Waals surface area (Å²) >= 11 is 0. The first-order chi connectivity index (χ1) is 12.0. The minimum atomic E-state index is 0. The van der Waals surface area contributed by atoms with Gasteiger partial charge in [-0.15, -0.1) is 24.0 Å². The van der Waals surface area contributed by atoms with Crippen molar-refractivity contribution in [3.05, 3.63) is 41.3 Å². The quantitative estimate of drug-likeness (QED) is 0.324. The number of aliphatic imine (C=N–C) groups is 1. The summed E-state index contributed by atoms with van der Waals surface area (Å²) in [6.07, 6.45) is 0. The third-order valence-electron chi connectivity index (χ3n) is 3.64. The molecule has 0 atom stereocenters. The van der Waals surface area contributed by atoms with Gasteiger partial charge in [-0.25, -0.2) is 4.99 Å². The van der Waals surface area contributed by atoms with Crippen molar-refractivity contribution in [2.75, 3.05) is 13.7 Å². The van der Waals surface area contributed by atoms with Gasteiger partial charge < -0.3 is 25.0 Å². The van der Waals surface area contributed by atoms with Crippen molar-refractivity contribution >= 4 is 29.9 Å². The van der Waals surface area contributed by atoms with Crippen molar-refractivity contribution in [3.8, 4) is 11.5 Å². The molecule has 0 spiro atoms. The van der Waals surface area contributed by atoms with Crippen molar-refractivity contribution in [2.45, 2.75) is 39.8 Å². The van der Waals surface area contributed by atoms with Crippen molar-refractivity contribution in [2.24, 2.45) is 4.99 Å². The lowest BCUT2D eigenvalue weighted by Gasteiger charge is -2.10. The highest BCUT2D eigenvalue weighted by atomic mass is 127. The minimum Gasteiger partial charge on any atom is -0.508 e. The summed E-state index contributed by atoms with van der Waals surface area (Å²) in [5, 5.41) is 20.4. The van der Waals surface area contributed by atoms with E-state index >= 15 is 0 Å². The molecule has 8 heteroatoms. The maximum absolute atomic E-state index is 9.95. The number of hydrogen-bond donors (Lipinski definition) is 3. The fourth-order valence-electron chi connectivity index (χ4n) is 2.18. The molecule has 7 nitrogen and oxygen atoms in total. The third kappa shape index (κ3) is 6.40. The molecule has 0 bridgehead atoms. The molecule has 2 rings (SSSR count). The monoisotopic (exact) mass is 474 g/mol. The van der Waals surface area contributed by atoms with Gasteiger partial charge in [-0.2, -0.15) is 0 Å². The van der Waals surface area contributed by atoms with E-state index in [1.165, 1.54) is 0 Å². The molecular weight excluding hydrogens is 447 g/mol. The van der Waals surface area contributed by atoms with Crippen molar-refractivity contribution in [1.29, 1.82) is 0 Å². The fourth-order valence-corrected chi connectivity index (χ4v) is 2.18. The molecule has 0 aliphatic heterocycles. The van der Waals surface area contributed by atoms with E-state index in [0.29, 0.717) is 36.3 Å². The standard InChI is InChI=1S/C18H26N4O3.HI/c1-5-19-18(21-11-15-9-16(12(2)3)22-25-15)20-10-13-8-14(24-4)6-7-17(13)23;/h6-9,12,23H,5,10-11H2,1-4H3,(H2,19,20,21);1H. The number of benzene rings is 1. The predicted octanol–water partition coefficient (Wildman–Crippen LogP) is 3.39. The molecule has 1 aromatic heterocycles. The van der Waals surface area contributed by atoms with E-state index < -0.39 is 0 Å². The van der Waals surface area contributed by atoms with Crippen LogP contribution in [-0.2, 0) is 13.1 Å². The number of aromatic hydroxyl groups is 1. The highest BCUT2D eigenvalue weighted by molar-refractivity contribution is 14.0. The Morgan fingerprint density at radius 3 is 2.69 bits per heavy atom. The molecule has 0 saturated heterocycles. The van der Waals surface area contributed by atoms with Crippen LogP contribution in [0.5, 0.6) is 11.5 Å². The van der Waals surface area contributed by atoms with E-state index in [1.807, 2.05) is 13.0 Å². The second-order valence-corrected chi connectivity index (χ2v) is 5.92. The molecule has 0 fully saturated rings. The molecule has 26 heavy (non-hydrogen) atoms. The molecule has 1 heterocycles. The van der Waals surface area contributed by atoms with E-state index in [4.69, 9.17) is 9.26 Å². The van der Waals surface area contributed by atoms with Gasteiger partial charge in [-0.1, -0.05) is 19.0 Å². The van der Waals surface area contributed by atoms with Crippen LogP contribution in [0.2, 0.25) is 0 Å². The zero-order valence-corrected chi connectivity index (χ0v) is 17.9. The van der Waals surface area contributed by atoms with Gasteiger partial charge in [0.15, 0.2) is 11.7 Å². The first kappa shape index (κ1) is 22.1. The molecule has 0 aliphatic carbocycles. The molecule has 2 aromatic rings. The first-order valence-corrected chi connectivity index (χ1v) is 8.37. The van der Waals surface area contributed by atoms with Gasteiger partial charge in [0.25, 0.3) is 0 Å². The van der Waals surface area contributed by atoms with Gasteiger partial charge in [0, 0.05) is 18.2 Å². The van der Waals surface area contributed by atoms with Crippen LogP contribution in [0, 0.1) is 0 Å². The number of methoxy groups -OCH3 is 1. The summed E-state index contributed by atoms with van der Waals surface area (Å²) in [7, 11) is 1.59. The second-order valence-electron chi connectivity index (χ2n) is 5.92. The van der Waals surface area contributed by atoms with Crippen LogP contribution in [0.25, 0.3) is 0 Å². The Bertz CT molecular complexity index is 716. The molecule has 144 valence electrons. The topological polar surface area (TPSA) is 91.9 Å². The lowest BCUT2D eigenvalue weighted by atomic mass is 10.1. The third-order valence-corrected chi connectivity index (χ3v) is 3.64. The Morgan fingerprint density at radius 2 is 2.08 bits per heavy atom. The smallest absolute Gasteiger partial charge is 0.191 e. The number of nitrogens with zero attached hydrogens (tertiary/aromatic N) is 2. The Kier molecular flexibility index (Phi) is 9.25. The summed E-state index contributed by atoms with van der Waals surface area (Å²) < 4.78 is 10.5. The number of hydrogen-bond acceptors (Lipinski definition) is 5. The van der Waals surface area contributed by atoms with E-state index in [1.54, 1.807) is 25.3 Å². The van der Waals surface area contributed by atoms with Gasteiger partial charge in [0.2, 0.25) is 0 Å². The number of ether oxygens (including phenoxy) is 1. The Labute approximate surface area is 171 Å². The highest BCUT2D eigenvalue weighted by Gasteiger charge is 2.08. The number of halogens is 1. The number of guanidine groups is 1. The highest BCUT2D eigenvalue weighted by Crippen LogP contribution is 2.23. The summed E-state index contributed by atoms with van der Waals surface area (Å²) in [5.74, 6) is 2.59. The molecule has 0 unspecified atom stereocenters. The molecule has 1 aromatic carbocycles. The van der Waals surface area contributed by atoms with Gasteiger partial charge in [-0.05, 0) is 31.0 Å². The van der Waals surface area contributed by atoms with Crippen LogP contribution < -0.4 is 15.4 Å². The summed E-state index contributed by atoms with van der Waals surface area (Å²) in [6.45, 7) is 7.67. The zero-order chi connectivity index (χ0) is 18.2. The van der Waals surface area contributed by atoms with E-state index in [2.05, 4.69) is 34.6 Å². The number of phenolic OH excluding ortho intramolecular Hbond substituents is 1. The van der Waals surface area contributed by atoms with E-state index in [0.717, 1.165) is 18.0 Å². The largest absolute Gasteiger partial charge is 0.508 e. The summed E-state index contributed by atoms with van der Waals surface area (Å²) in [5.41, 5.74) is 1.62. The average Bonchev–Trinajstić information content (AvgIpc) is 3.08. The maximum atomic E-state index is 9.95. The van der Waals surface area contributed by atoms with Crippen molar-refractivity contribution in [3.63, 3.8) is 0 Å². The number of rotatable bonds is 7. The molecule has 3 N–H and O–H groups in total. The van der Waals surface area contributed by atoms with Crippen LogP contribution in [0.15, 0.2) is 33.8 Å². The fraction of sp³-hybridized carbons (Fsp3) is 0.444. The zero-order valence-electron chi connectivity index (χ0n) is 15.6. The van der Waals surface area contributed by atoms with Crippen LogP contribution in [-0.4, -0.2) is 29.9 Å². The predicted molar refractivity (Wildman–Crippen MR) is 112 cm³/mol. The number of aromatic nitrogens is 1. The number of phenols is 1. The van der Waals surface area contributed by atoms with Gasteiger partial charge in [0.1, 0.15) is 11.5 Å². The summed E-state index contributed by atoms with van der Waals surface area (Å²) in [4.78, 5) is 4.49. The average molecular weight is 474 g/mol. The Balaban J connectivity index is 0.00000338. The van der Waals surface area contributed by atoms with E-state index in [9.17, 15) is 5.11 Å². The lowest BCUT2D eigenvalue weighted by Crippen LogP contribution is -2.36. The Hall–Kier alpha value is -1.97. The van der Waals surface area contributed by atoms with Gasteiger partial charge >= 0.3 is 0 Å². The Morgan fingerprint density at radius 1 is 1.31 bits per heavy atom. The maximum Gasteiger partial charge on any atom is 0.191 e. The van der Waals surface area contributed by atoms with E-state index in [-0.39, 0.29) is 29.7 Å². The second kappa shape index (κ2) is 10.9. The van der Waals surface area contributed by atoms with Gasteiger partial charge in [0.05, 0.1) is 25.9 Å². The molecule has 0 amide bonds. The van der Waals surface area contributed by atoms with Crippen LogP contribution in [0.1, 0.15) is 43.7 Å². The van der Waals surface area contributed by atoms with Gasteiger partial charge in [-0.3, -0.25) is 0 Å². The first-order valence-electron chi connectivity index (χ1n) is 8.37.